The Morgan fingerprint density at radius 1 is 1.03 bits per heavy atom. The van der Waals surface area contributed by atoms with Crippen molar-refractivity contribution >= 4 is 23.3 Å². The van der Waals surface area contributed by atoms with Crippen molar-refractivity contribution in [1.82, 2.24) is 9.78 Å². The Balaban J connectivity index is 1.76. The Kier molecular flexibility index (Phi) is 5.91. The van der Waals surface area contributed by atoms with Crippen LogP contribution in [-0.2, 0) is 22.2 Å². The molecule has 1 aromatic heterocycles. The molecule has 0 aliphatic rings. The molecule has 0 bridgehead atoms. The summed E-state index contributed by atoms with van der Waals surface area (Å²) in [4.78, 5) is 23.5. The van der Waals surface area contributed by atoms with E-state index >= 15 is 0 Å². The van der Waals surface area contributed by atoms with Crippen molar-refractivity contribution in [3.63, 3.8) is 0 Å². The molecular weight excluding hydrogens is 397 g/mol. The second-order valence-corrected chi connectivity index (χ2v) is 6.73. The largest absolute Gasteiger partial charge is 0.416 e. The third-order valence-electron chi connectivity index (χ3n) is 4.16. The van der Waals surface area contributed by atoms with Gasteiger partial charge in [-0.25, -0.2) is 4.68 Å². The molecule has 0 saturated carbocycles. The number of nitrogens with one attached hydrogen (secondary N) is 2. The second kappa shape index (κ2) is 8.40. The first-order valence-corrected chi connectivity index (χ1v) is 9.02. The Morgan fingerprint density at radius 2 is 1.73 bits per heavy atom. The van der Waals surface area contributed by atoms with Crippen LogP contribution in [0.15, 0.2) is 54.6 Å². The predicted molar refractivity (Wildman–Crippen MR) is 106 cm³/mol. The van der Waals surface area contributed by atoms with E-state index in [9.17, 15) is 22.8 Å². The molecule has 2 amide bonds. The van der Waals surface area contributed by atoms with Gasteiger partial charge >= 0.3 is 6.18 Å². The van der Waals surface area contributed by atoms with E-state index in [0.717, 1.165) is 12.1 Å². The standard InChI is InChI=1S/C21H19F3N4O2/c1-13-10-19(28(27-13)18-5-3-4-16(12-18)21(22,23)24)26-20(30)11-15-6-8-17(9-7-15)25-14(2)29/h3-10,12H,11H2,1-2H3,(H,25,29)(H,26,30). The number of aromatic nitrogens is 2. The maximum Gasteiger partial charge on any atom is 0.416 e. The Labute approximate surface area is 170 Å². The molecule has 30 heavy (non-hydrogen) atoms. The summed E-state index contributed by atoms with van der Waals surface area (Å²) in [5.74, 6) is -0.277. The van der Waals surface area contributed by atoms with Crippen LogP contribution in [-0.4, -0.2) is 21.6 Å². The number of carbonyl (C=O) groups is 2. The van der Waals surface area contributed by atoms with Gasteiger partial charge in [0.15, 0.2) is 0 Å². The molecule has 0 radical (unpaired) electrons. The van der Waals surface area contributed by atoms with Gasteiger partial charge in [0.1, 0.15) is 5.82 Å². The minimum atomic E-state index is -4.48. The zero-order chi connectivity index (χ0) is 21.9. The summed E-state index contributed by atoms with van der Waals surface area (Å²) in [6.07, 6.45) is -4.43. The molecular formula is C21H19F3N4O2. The lowest BCUT2D eigenvalue weighted by molar-refractivity contribution is -0.137. The maximum atomic E-state index is 13.0. The van der Waals surface area contributed by atoms with Gasteiger partial charge < -0.3 is 10.6 Å². The van der Waals surface area contributed by atoms with Gasteiger partial charge in [-0.1, -0.05) is 18.2 Å². The van der Waals surface area contributed by atoms with Gasteiger partial charge in [0, 0.05) is 18.7 Å². The van der Waals surface area contributed by atoms with Crippen molar-refractivity contribution in [2.75, 3.05) is 10.6 Å². The number of halogens is 3. The summed E-state index contributed by atoms with van der Waals surface area (Å²) in [5, 5.41) is 9.53. The third kappa shape index (κ3) is 5.25. The highest BCUT2D eigenvalue weighted by atomic mass is 19.4. The molecule has 1 heterocycles. The molecule has 3 aromatic rings. The van der Waals surface area contributed by atoms with E-state index in [1.54, 1.807) is 37.3 Å². The SMILES string of the molecule is CC(=O)Nc1ccc(CC(=O)Nc2cc(C)nn2-c2cccc(C(F)(F)F)c2)cc1. The predicted octanol–water partition coefficient (Wildman–Crippen LogP) is 4.34. The number of aryl methyl sites for hydroxylation is 1. The summed E-state index contributed by atoms with van der Waals surface area (Å²) >= 11 is 0. The summed E-state index contributed by atoms with van der Waals surface area (Å²) in [7, 11) is 0. The molecule has 0 unspecified atom stereocenters. The average molecular weight is 416 g/mol. The number of benzene rings is 2. The molecule has 2 aromatic carbocycles. The Bertz CT molecular complexity index is 1070. The number of rotatable bonds is 5. The molecule has 9 heteroatoms. The smallest absolute Gasteiger partial charge is 0.326 e. The lowest BCUT2D eigenvalue weighted by Crippen LogP contribution is -2.17. The summed E-state index contributed by atoms with van der Waals surface area (Å²) in [5.41, 5.74) is 1.26. The fourth-order valence-electron chi connectivity index (χ4n) is 2.88. The molecule has 6 nitrogen and oxygen atoms in total. The van der Waals surface area contributed by atoms with E-state index in [0.29, 0.717) is 16.9 Å². The van der Waals surface area contributed by atoms with Crippen LogP contribution >= 0.6 is 0 Å². The molecule has 156 valence electrons. The van der Waals surface area contributed by atoms with Gasteiger partial charge in [-0.15, -0.1) is 0 Å². The lowest BCUT2D eigenvalue weighted by atomic mass is 10.1. The molecule has 0 fully saturated rings. The van der Waals surface area contributed by atoms with Gasteiger partial charge in [-0.3, -0.25) is 9.59 Å². The van der Waals surface area contributed by atoms with Gasteiger partial charge in [-0.05, 0) is 42.8 Å². The highest BCUT2D eigenvalue weighted by molar-refractivity contribution is 5.92. The van der Waals surface area contributed by atoms with Crippen molar-refractivity contribution in [3.8, 4) is 5.69 Å². The summed E-state index contributed by atoms with van der Waals surface area (Å²) < 4.78 is 40.3. The number of alkyl halides is 3. The molecule has 0 saturated heterocycles. The Morgan fingerprint density at radius 3 is 2.37 bits per heavy atom. The van der Waals surface area contributed by atoms with Crippen LogP contribution in [0.1, 0.15) is 23.7 Å². The van der Waals surface area contributed by atoms with Crippen LogP contribution < -0.4 is 10.6 Å². The quantitative estimate of drug-likeness (QED) is 0.650. The summed E-state index contributed by atoms with van der Waals surface area (Å²) in [6, 6.07) is 13.1. The van der Waals surface area contributed by atoms with Crippen molar-refractivity contribution in [2.24, 2.45) is 0 Å². The number of nitrogens with zero attached hydrogens (tertiary/aromatic N) is 2. The van der Waals surface area contributed by atoms with Crippen molar-refractivity contribution in [1.29, 1.82) is 0 Å². The topological polar surface area (TPSA) is 76.0 Å². The molecule has 3 rings (SSSR count). The summed E-state index contributed by atoms with van der Waals surface area (Å²) in [6.45, 7) is 3.08. The number of carbonyl (C=O) groups excluding carboxylic acids is 2. The first-order chi connectivity index (χ1) is 14.1. The van der Waals surface area contributed by atoms with E-state index in [-0.39, 0.29) is 29.7 Å². The first kappa shape index (κ1) is 21.1. The lowest BCUT2D eigenvalue weighted by Gasteiger charge is -2.12. The highest BCUT2D eigenvalue weighted by Gasteiger charge is 2.30. The van der Waals surface area contributed by atoms with Crippen LogP contribution in [0.25, 0.3) is 5.69 Å². The zero-order valence-corrected chi connectivity index (χ0v) is 16.2. The molecule has 0 spiro atoms. The maximum absolute atomic E-state index is 13.0. The van der Waals surface area contributed by atoms with E-state index < -0.39 is 11.7 Å². The van der Waals surface area contributed by atoms with E-state index in [1.165, 1.54) is 23.7 Å². The van der Waals surface area contributed by atoms with Crippen LogP contribution in [0, 0.1) is 6.92 Å². The van der Waals surface area contributed by atoms with E-state index in [1.807, 2.05) is 0 Å². The molecule has 0 atom stereocenters. The van der Waals surface area contributed by atoms with Crippen molar-refractivity contribution in [3.05, 3.63) is 71.4 Å². The number of hydrogen-bond acceptors (Lipinski definition) is 3. The van der Waals surface area contributed by atoms with Crippen LogP contribution in [0.2, 0.25) is 0 Å². The number of amides is 2. The minimum absolute atomic E-state index is 0.0488. The Hall–Kier alpha value is -3.62. The van der Waals surface area contributed by atoms with Crippen LogP contribution in [0.5, 0.6) is 0 Å². The third-order valence-corrected chi connectivity index (χ3v) is 4.16. The molecule has 2 N–H and O–H groups in total. The fourth-order valence-corrected chi connectivity index (χ4v) is 2.88. The highest BCUT2D eigenvalue weighted by Crippen LogP contribution is 2.31. The van der Waals surface area contributed by atoms with Gasteiger partial charge in [-0.2, -0.15) is 18.3 Å². The van der Waals surface area contributed by atoms with Crippen molar-refractivity contribution in [2.45, 2.75) is 26.4 Å². The van der Waals surface area contributed by atoms with E-state index in [2.05, 4.69) is 15.7 Å². The van der Waals surface area contributed by atoms with Crippen molar-refractivity contribution < 1.29 is 22.8 Å². The van der Waals surface area contributed by atoms with Gasteiger partial charge in [0.05, 0.1) is 23.4 Å². The van der Waals surface area contributed by atoms with Gasteiger partial charge in [0.25, 0.3) is 0 Å². The van der Waals surface area contributed by atoms with Crippen LogP contribution in [0.4, 0.5) is 24.7 Å². The fraction of sp³-hybridized carbons (Fsp3) is 0.190. The average Bonchev–Trinajstić information content (AvgIpc) is 3.02. The number of anilines is 2. The first-order valence-electron chi connectivity index (χ1n) is 9.02. The van der Waals surface area contributed by atoms with E-state index in [4.69, 9.17) is 0 Å². The van der Waals surface area contributed by atoms with Gasteiger partial charge in [0.2, 0.25) is 11.8 Å². The molecule has 0 aliphatic heterocycles. The zero-order valence-electron chi connectivity index (χ0n) is 16.2. The van der Waals surface area contributed by atoms with Crippen LogP contribution in [0.3, 0.4) is 0 Å². The number of hydrogen-bond donors (Lipinski definition) is 2. The second-order valence-electron chi connectivity index (χ2n) is 6.73. The normalized spacial score (nSPS) is 11.2. The molecule has 0 aliphatic carbocycles. The minimum Gasteiger partial charge on any atom is -0.326 e. The monoisotopic (exact) mass is 416 g/mol.